The largest absolute Gasteiger partial charge is 0.497 e. The summed E-state index contributed by atoms with van der Waals surface area (Å²) in [6.07, 6.45) is 3.59. The van der Waals surface area contributed by atoms with Gasteiger partial charge >= 0.3 is 0 Å². The normalized spacial score (nSPS) is 10.1. The van der Waals surface area contributed by atoms with Crippen LogP contribution >= 0.6 is 0 Å². The van der Waals surface area contributed by atoms with Crippen molar-refractivity contribution in [2.75, 3.05) is 7.11 Å². The summed E-state index contributed by atoms with van der Waals surface area (Å²) in [5.74, 6) is 1.59. The fraction of sp³-hybridized carbons (Fsp3) is 0.0588. The van der Waals surface area contributed by atoms with E-state index in [1.54, 1.807) is 19.4 Å². The number of hydrogen-bond acceptors (Lipinski definition) is 3. The molecule has 0 saturated carbocycles. The molecule has 0 aliphatic heterocycles. The molecule has 0 bridgehead atoms. The summed E-state index contributed by atoms with van der Waals surface area (Å²) in [7, 11) is 1.64. The topological polar surface area (TPSA) is 50.8 Å². The number of nitrogens with zero attached hydrogens (tertiary/aromatic N) is 3. The van der Waals surface area contributed by atoms with E-state index in [1.165, 1.54) is 0 Å². The number of para-hydroxylation sites is 1. The minimum Gasteiger partial charge on any atom is -0.497 e. The van der Waals surface area contributed by atoms with Gasteiger partial charge in [0.1, 0.15) is 17.6 Å². The van der Waals surface area contributed by atoms with Crippen LogP contribution in [0, 0.1) is 11.3 Å². The minimum atomic E-state index is 0.616. The zero-order chi connectivity index (χ0) is 14.7. The van der Waals surface area contributed by atoms with Crippen molar-refractivity contribution in [1.82, 2.24) is 9.55 Å². The first-order valence-electron chi connectivity index (χ1n) is 6.51. The monoisotopic (exact) mass is 275 g/mol. The molecular weight excluding hydrogens is 262 g/mol. The molecule has 0 saturated heterocycles. The van der Waals surface area contributed by atoms with Gasteiger partial charge in [0.2, 0.25) is 0 Å². The van der Waals surface area contributed by atoms with Crippen LogP contribution in [0.2, 0.25) is 0 Å². The lowest BCUT2D eigenvalue weighted by atomic mass is 10.1. The molecule has 21 heavy (non-hydrogen) atoms. The van der Waals surface area contributed by atoms with Gasteiger partial charge in [0, 0.05) is 18.0 Å². The Hall–Kier alpha value is -3.06. The Bertz CT molecular complexity index is 797. The molecule has 0 fully saturated rings. The second-order valence-corrected chi connectivity index (χ2v) is 4.48. The van der Waals surface area contributed by atoms with E-state index in [1.807, 2.05) is 53.2 Å². The lowest BCUT2D eigenvalue weighted by Crippen LogP contribution is -1.99. The molecule has 4 heteroatoms. The van der Waals surface area contributed by atoms with Crippen molar-refractivity contribution in [2.45, 2.75) is 0 Å². The predicted octanol–water partition coefficient (Wildman–Crippen LogP) is 3.42. The summed E-state index contributed by atoms with van der Waals surface area (Å²) < 4.78 is 7.08. The second-order valence-electron chi connectivity index (χ2n) is 4.48. The SMILES string of the molecule is COc1ccc(-c2nccn2-c2ccccc2C#N)cc1. The number of benzene rings is 2. The average Bonchev–Trinajstić information content (AvgIpc) is 3.04. The third-order valence-electron chi connectivity index (χ3n) is 3.27. The first-order chi connectivity index (χ1) is 10.3. The molecule has 1 aromatic heterocycles. The zero-order valence-corrected chi connectivity index (χ0v) is 11.5. The molecule has 0 unspecified atom stereocenters. The van der Waals surface area contributed by atoms with Crippen molar-refractivity contribution in [3.05, 3.63) is 66.5 Å². The van der Waals surface area contributed by atoms with Gasteiger partial charge in [-0.05, 0) is 36.4 Å². The third-order valence-corrected chi connectivity index (χ3v) is 3.27. The molecule has 3 rings (SSSR count). The van der Waals surface area contributed by atoms with Crippen LogP contribution in [0.5, 0.6) is 5.75 Å². The summed E-state index contributed by atoms with van der Waals surface area (Å²) >= 11 is 0. The Labute approximate surface area is 122 Å². The second kappa shape index (κ2) is 5.51. The van der Waals surface area contributed by atoms with Gasteiger partial charge in [-0.15, -0.1) is 0 Å². The molecule has 2 aromatic carbocycles. The highest BCUT2D eigenvalue weighted by atomic mass is 16.5. The molecule has 0 aliphatic rings. The van der Waals surface area contributed by atoms with Gasteiger partial charge in [-0.1, -0.05) is 12.1 Å². The van der Waals surface area contributed by atoms with E-state index >= 15 is 0 Å². The average molecular weight is 275 g/mol. The van der Waals surface area contributed by atoms with Crippen LogP contribution in [0.15, 0.2) is 60.9 Å². The van der Waals surface area contributed by atoms with E-state index in [0.29, 0.717) is 5.56 Å². The van der Waals surface area contributed by atoms with Crippen molar-refractivity contribution in [2.24, 2.45) is 0 Å². The number of rotatable bonds is 3. The first-order valence-corrected chi connectivity index (χ1v) is 6.51. The van der Waals surface area contributed by atoms with Crippen LogP contribution in [0.3, 0.4) is 0 Å². The van der Waals surface area contributed by atoms with Gasteiger partial charge < -0.3 is 4.74 Å². The van der Waals surface area contributed by atoms with Gasteiger partial charge in [-0.25, -0.2) is 4.98 Å². The maximum atomic E-state index is 9.25. The van der Waals surface area contributed by atoms with Crippen LogP contribution < -0.4 is 4.74 Å². The fourth-order valence-electron chi connectivity index (χ4n) is 2.23. The number of nitriles is 1. The highest BCUT2D eigenvalue weighted by Crippen LogP contribution is 2.25. The van der Waals surface area contributed by atoms with Gasteiger partial charge in [-0.2, -0.15) is 5.26 Å². The van der Waals surface area contributed by atoms with Crippen molar-refractivity contribution in [3.63, 3.8) is 0 Å². The highest BCUT2D eigenvalue weighted by Gasteiger charge is 2.10. The lowest BCUT2D eigenvalue weighted by Gasteiger charge is -2.10. The number of ether oxygens (including phenoxy) is 1. The molecule has 3 aromatic rings. The number of imidazole rings is 1. The highest BCUT2D eigenvalue weighted by molar-refractivity contribution is 5.62. The Balaban J connectivity index is 2.10. The smallest absolute Gasteiger partial charge is 0.144 e. The van der Waals surface area contributed by atoms with E-state index in [0.717, 1.165) is 22.8 Å². The van der Waals surface area contributed by atoms with Crippen molar-refractivity contribution in [1.29, 1.82) is 5.26 Å². The summed E-state index contributed by atoms with van der Waals surface area (Å²) in [5.41, 5.74) is 2.40. The maximum absolute atomic E-state index is 9.25. The van der Waals surface area contributed by atoms with Crippen LogP contribution in [0.25, 0.3) is 17.1 Å². The maximum Gasteiger partial charge on any atom is 0.144 e. The fourth-order valence-corrected chi connectivity index (χ4v) is 2.23. The number of methoxy groups -OCH3 is 1. The Kier molecular flexibility index (Phi) is 3.40. The summed E-state index contributed by atoms with van der Waals surface area (Å²) in [6.45, 7) is 0. The molecule has 0 N–H and O–H groups in total. The van der Waals surface area contributed by atoms with E-state index in [-0.39, 0.29) is 0 Å². The zero-order valence-electron chi connectivity index (χ0n) is 11.5. The Morgan fingerprint density at radius 1 is 1.10 bits per heavy atom. The first kappa shape index (κ1) is 12.9. The van der Waals surface area contributed by atoms with Crippen molar-refractivity contribution in [3.8, 4) is 28.9 Å². The summed E-state index contributed by atoms with van der Waals surface area (Å²) in [4.78, 5) is 4.41. The summed E-state index contributed by atoms with van der Waals surface area (Å²) in [5, 5.41) is 9.25. The van der Waals surface area contributed by atoms with Crippen molar-refractivity contribution >= 4 is 0 Å². The molecule has 0 amide bonds. The Morgan fingerprint density at radius 2 is 1.86 bits per heavy atom. The van der Waals surface area contributed by atoms with Crippen LogP contribution in [0.1, 0.15) is 5.56 Å². The van der Waals surface area contributed by atoms with Crippen LogP contribution in [0.4, 0.5) is 0 Å². The molecular formula is C17H13N3O. The predicted molar refractivity (Wildman–Crippen MR) is 80.3 cm³/mol. The molecule has 0 radical (unpaired) electrons. The molecule has 102 valence electrons. The van der Waals surface area contributed by atoms with E-state index < -0.39 is 0 Å². The molecule has 0 atom stereocenters. The molecule has 1 heterocycles. The van der Waals surface area contributed by atoms with E-state index in [2.05, 4.69) is 11.1 Å². The van der Waals surface area contributed by atoms with Gasteiger partial charge in [0.05, 0.1) is 18.4 Å². The van der Waals surface area contributed by atoms with Gasteiger partial charge in [0.25, 0.3) is 0 Å². The molecule has 4 nitrogen and oxygen atoms in total. The third kappa shape index (κ3) is 2.37. The lowest BCUT2D eigenvalue weighted by molar-refractivity contribution is 0.415. The van der Waals surface area contributed by atoms with E-state index in [4.69, 9.17) is 4.74 Å². The van der Waals surface area contributed by atoms with Crippen molar-refractivity contribution < 1.29 is 4.74 Å². The van der Waals surface area contributed by atoms with Gasteiger partial charge in [-0.3, -0.25) is 4.57 Å². The van der Waals surface area contributed by atoms with Gasteiger partial charge in [0.15, 0.2) is 0 Å². The van der Waals surface area contributed by atoms with Crippen LogP contribution in [-0.4, -0.2) is 16.7 Å². The standard InChI is InChI=1S/C17H13N3O/c1-21-15-8-6-13(7-9-15)17-19-10-11-20(17)16-5-3-2-4-14(16)12-18/h2-11H,1H3. The quantitative estimate of drug-likeness (QED) is 0.736. The Morgan fingerprint density at radius 3 is 2.57 bits per heavy atom. The van der Waals surface area contributed by atoms with E-state index in [9.17, 15) is 5.26 Å². The van der Waals surface area contributed by atoms with Crippen LogP contribution in [-0.2, 0) is 0 Å². The summed E-state index contributed by atoms with van der Waals surface area (Å²) in [6, 6.07) is 17.4. The number of hydrogen-bond donors (Lipinski definition) is 0. The molecule has 0 spiro atoms. The minimum absolute atomic E-state index is 0.616. The molecule has 0 aliphatic carbocycles. The number of aromatic nitrogens is 2.